The van der Waals surface area contributed by atoms with Gasteiger partial charge in [-0.3, -0.25) is 0 Å². The molecule has 112 valence electrons. The molecule has 1 aliphatic heterocycles. The number of methoxy groups -OCH3 is 1. The predicted octanol–water partition coefficient (Wildman–Crippen LogP) is 2.05. The van der Waals surface area contributed by atoms with Crippen LogP contribution < -0.4 is 4.74 Å². The lowest BCUT2D eigenvalue weighted by molar-refractivity contribution is 0.232. The van der Waals surface area contributed by atoms with Crippen LogP contribution in [0.5, 0.6) is 5.75 Å². The zero-order valence-electron chi connectivity index (χ0n) is 12.4. The summed E-state index contributed by atoms with van der Waals surface area (Å²) in [5.74, 6) is 0.889. The first-order valence-corrected chi connectivity index (χ1v) is 8.66. The Kier molecular flexibility index (Phi) is 4.39. The lowest BCUT2D eigenvalue weighted by Gasteiger charge is -2.40. The summed E-state index contributed by atoms with van der Waals surface area (Å²) in [5.41, 5.74) is 0.867. The highest BCUT2D eigenvalue weighted by molar-refractivity contribution is 7.92. The largest absolute Gasteiger partial charge is 0.497 e. The van der Waals surface area contributed by atoms with Gasteiger partial charge < -0.3 is 9.64 Å². The van der Waals surface area contributed by atoms with Gasteiger partial charge in [-0.25, -0.2) is 8.42 Å². The molecule has 2 rings (SSSR count). The third kappa shape index (κ3) is 2.56. The average molecular weight is 297 g/mol. The molecule has 0 spiro atoms. The molecule has 0 aromatic heterocycles. The third-order valence-corrected chi connectivity index (χ3v) is 6.96. The summed E-state index contributed by atoms with van der Waals surface area (Å²) >= 11 is 0. The number of likely N-dealkylation sites (tertiary alicyclic amines) is 1. The molecule has 1 saturated heterocycles. The Morgan fingerprint density at radius 3 is 2.50 bits per heavy atom. The number of sulfone groups is 1. The Labute approximate surface area is 121 Å². The van der Waals surface area contributed by atoms with Gasteiger partial charge in [-0.2, -0.15) is 0 Å². The van der Waals surface area contributed by atoms with Crippen LogP contribution in [0.15, 0.2) is 24.3 Å². The summed E-state index contributed by atoms with van der Waals surface area (Å²) < 4.78 is 29.9. The van der Waals surface area contributed by atoms with Crippen molar-refractivity contribution in [1.82, 2.24) is 4.90 Å². The molecule has 1 aromatic rings. The average Bonchev–Trinajstić information content (AvgIpc) is 2.48. The van der Waals surface area contributed by atoms with Crippen LogP contribution in [0, 0.1) is 0 Å². The molecule has 0 amide bonds. The number of benzene rings is 1. The van der Waals surface area contributed by atoms with E-state index < -0.39 is 14.6 Å². The van der Waals surface area contributed by atoms with Gasteiger partial charge in [-0.15, -0.1) is 0 Å². The van der Waals surface area contributed by atoms with Crippen LogP contribution in [0.1, 0.15) is 25.3 Å². The normalized spacial score (nSPS) is 19.8. The van der Waals surface area contributed by atoms with Crippen molar-refractivity contribution in [3.63, 3.8) is 0 Å². The highest BCUT2D eigenvalue weighted by Gasteiger charge is 2.45. The predicted molar refractivity (Wildman–Crippen MR) is 80.9 cm³/mol. The fourth-order valence-corrected chi connectivity index (χ4v) is 4.78. The van der Waals surface area contributed by atoms with Crippen molar-refractivity contribution >= 4 is 9.84 Å². The van der Waals surface area contributed by atoms with E-state index in [4.69, 9.17) is 4.74 Å². The summed E-state index contributed by atoms with van der Waals surface area (Å²) in [6.07, 6.45) is 1.29. The summed E-state index contributed by atoms with van der Waals surface area (Å²) in [6.45, 7) is 3.34. The van der Waals surface area contributed by atoms with E-state index in [1.54, 1.807) is 14.0 Å². The third-order valence-electron chi connectivity index (χ3n) is 4.37. The van der Waals surface area contributed by atoms with E-state index in [0.29, 0.717) is 18.6 Å². The maximum absolute atomic E-state index is 12.7. The Morgan fingerprint density at radius 1 is 1.30 bits per heavy atom. The van der Waals surface area contributed by atoms with Crippen LogP contribution >= 0.6 is 0 Å². The number of piperidine rings is 1. The van der Waals surface area contributed by atoms with E-state index in [2.05, 4.69) is 4.90 Å². The minimum atomic E-state index is -3.17. The molecule has 20 heavy (non-hydrogen) atoms. The summed E-state index contributed by atoms with van der Waals surface area (Å²) in [4.78, 5) is 2.18. The Morgan fingerprint density at radius 2 is 1.95 bits per heavy atom. The molecule has 1 aromatic carbocycles. The van der Waals surface area contributed by atoms with E-state index in [1.165, 1.54) is 0 Å². The van der Waals surface area contributed by atoms with E-state index in [1.807, 2.05) is 31.3 Å². The number of nitrogens with zero attached hydrogens (tertiary/aromatic N) is 1. The van der Waals surface area contributed by atoms with Crippen LogP contribution in [0.4, 0.5) is 0 Å². The number of hydrogen-bond acceptors (Lipinski definition) is 4. The second-order valence-electron chi connectivity index (χ2n) is 5.43. The molecule has 0 bridgehead atoms. The van der Waals surface area contributed by atoms with Gasteiger partial charge in [0, 0.05) is 5.75 Å². The molecule has 0 N–H and O–H groups in total. The van der Waals surface area contributed by atoms with E-state index in [9.17, 15) is 8.42 Å². The summed E-state index contributed by atoms with van der Waals surface area (Å²) in [7, 11) is 0.475. The van der Waals surface area contributed by atoms with E-state index in [-0.39, 0.29) is 5.75 Å². The topological polar surface area (TPSA) is 46.6 Å². The minimum absolute atomic E-state index is 0.175. The maximum atomic E-state index is 12.7. The van der Waals surface area contributed by atoms with Gasteiger partial charge in [0.05, 0.1) is 11.9 Å². The quantitative estimate of drug-likeness (QED) is 0.853. The molecule has 0 aliphatic carbocycles. The van der Waals surface area contributed by atoms with Gasteiger partial charge in [-0.1, -0.05) is 19.1 Å². The Bertz CT molecular complexity index is 560. The first kappa shape index (κ1) is 15.3. The summed E-state index contributed by atoms with van der Waals surface area (Å²) in [5, 5.41) is 0. The summed E-state index contributed by atoms with van der Waals surface area (Å²) in [6, 6.07) is 7.52. The molecule has 4 nitrogen and oxygen atoms in total. The zero-order chi connectivity index (χ0) is 14.8. The molecular weight excluding hydrogens is 274 g/mol. The molecule has 0 radical (unpaired) electrons. The molecule has 5 heteroatoms. The van der Waals surface area contributed by atoms with Crippen LogP contribution in [-0.4, -0.2) is 46.3 Å². The molecule has 1 fully saturated rings. The number of ether oxygens (including phenoxy) is 1. The van der Waals surface area contributed by atoms with Crippen LogP contribution in [0.3, 0.4) is 0 Å². The molecule has 0 atom stereocenters. The van der Waals surface area contributed by atoms with Crippen molar-refractivity contribution in [2.24, 2.45) is 0 Å². The Balaban J connectivity index is 2.52. The standard InChI is InChI=1S/C15H23NO3S/c1-4-20(17,18)15(8-10-16(2)11-9-15)13-6-5-7-14(12-13)19-3/h5-7,12H,4,8-11H2,1-3H3. The van der Waals surface area contributed by atoms with Crippen molar-refractivity contribution in [1.29, 1.82) is 0 Å². The second-order valence-corrected chi connectivity index (χ2v) is 8.02. The van der Waals surface area contributed by atoms with Crippen molar-refractivity contribution in [2.45, 2.75) is 24.5 Å². The Hall–Kier alpha value is -1.07. The van der Waals surface area contributed by atoms with Gasteiger partial charge in [-0.05, 0) is 50.7 Å². The highest BCUT2D eigenvalue weighted by atomic mass is 32.2. The van der Waals surface area contributed by atoms with Crippen molar-refractivity contribution < 1.29 is 13.2 Å². The SMILES string of the molecule is CCS(=O)(=O)C1(c2cccc(OC)c2)CCN(C)CC1. The van der Waals surface area contributed by atoms with Crippen LogP contribution in [0.2, 0.25) is 0 Å². The lowest BCUT2D eigenvalue weighted by Crippen LogP contribution is -2.46. The van der Waals surface area contributed by atoms with Crippen molar-refractivity contribution in [3.05, 3.63) is 29.8 Å². The molecule has 1 aliphatic rings. The monoisotopic (exact) mass is 297 g/mol. The molecular formula is C15H23NO3S. The van der Waals surface area contributed by atoms with Crippen molar-refractivity contribution in [3.8, 4) is 5.75 Å². The van der Waals surface area contributed by atoms with Gasteiger partial charge in [0.2, 0.25) is 0 Å². The minimum Gasteiger partial charge on any atom is -0.497 e. The van der Waals surface area contributed by atoms with Crippen LogP contribution in [-0.2, 0) is 14.6 Å². The van der Waals surface area contributed by atoms with Crippen molar-refractivity contribution in [2.75, 3.05) is 33.0 Å². The van der Waals surface area contributed by atoms with Gasteiger partial charge in [0.25, 0.3) is 0 Å². The number of hydrogen-bond donors (Lipinski definition) is 0. The number of rotatable bonds is 4. The molecule has 0 saturated carbocycles. The fourth-order valence-electron chi connectivity index (χ4n) is 2.94. The van der Waals surface area contributed by atoms with Gasteiger partial charge in [0.1, 0.15) is 5.75 Å². The smallest absolute Gasteiger partial charge is 0.159 e. The second kappa shape index (κ2) is 5.74. The van der Waals surface area contributed by atoms with Gasteiger partial charge >= 0.3 is 0 Å². The first-order valence-electron chi connectivity index (χ1n) is 7.00. The van der Waals surface area contributed by atoms with Crippen LogP contribution in [0.25, 0.3) is 0 Å². The molecule has 0 unspecified atom stereocenters. The first-order chi connectivity index (χ1) is 9.45. The molecule has 1 heterocycles. The van der Waals surface area contributed by atoms with Gasteiger partial charge in [0.15, 0.2) is 9.84 Å². The fraction of sp³-hybridized carbons (Fsp3) is 0.600. The van der Waals surface area contributed by atoms with E-state index >= 15 is 0 Å². The lowest BCUT2D eigenvalue weighted by atomic mass is 9.88. The zero-order valence-corrected chi connectivity index (χ0v) is 13.2. The maximum Gasteiger partial charge on any atom is 0.159 e. The highest BCUT2D eigenvalue weighted by Crippen LogP contribution is 2.41. The van der Waals surface area contributed by atoms with E-state index in [0.717, 1.165) is 18.7 Å².